The van der Waals surface area contributed by atoms with Crippen LogP contribution in [0.2, 0.25) is 0 Å². The van der Waals surface area contributed by atoms with Gasteiger partial charge in [0.15, 0.2) is 0 Å². The first-order chi connectivity index (χ1) is 8.16. The Morgan fingerprint density at radius 2 is 1.65 bits per heavy atom. The maximum Gasteiger partial charge on any atom is 0.123 e. The Kier molecular flexibility index (Phi) is 3.59. The van der Waals surface area contributed by atoms with Crippen LogP contribution in [-0.2, 0) is 0 Å². The Hall–Kier alpha value is -1.61. The number of nitrogens with one attached hydrogen (secondary N) is 1. The first-order valence-corrected chi connectivity index (χ1v) is 5.70. The van der Waals surface area contributed by atoms with Gasteiger partial charge in [-0.1, -0.05) is 12.1 Å². The molecular formula is C14H16FNO. The smallest absolute Gasteiger partial charge is 0.123 e. The molecule has 1 aromatic heterocycles. The van der Waals surface area contributed by atoms with E-state index in [9.17, 15) is 4.39 Å². The molecule has 17 heavy (non-hydrogen) atoms. The predicted molar refractivity (Wildman–Crippen MR) is 65.1 cm³/mol. The first-order valence-electron chi connectivity index (χ1n) is 5.70. The van der Waals surface area contributed by atoms with E-state index in [0.29, 0.717) is 0 Å². The molecule has 1 heterocycles. The number of hydrogen-bond donors (Lipinski definition) is 1. The Morgan fingerprint density at radius 3 is 2.24 bits per heavy atom. The van der Waals surface area contributed by atoms with Gasteiger partial charge in [-0.15, -0.1) is 0 Å². The third-order valence-corrected chi connectivity index (χ3v) is 2.91. The Bertz CT molecular complexity index is 450. The minimum Gasteiger partial charge on any atom is -0.472 e. The minimum absolute atomic E-state index is 0.167. The van der Waals surface area contributed by atoms with E-state index in [1.807, 2.05) is 6.07 Å². The van der Waals surface area contributed by atoms with Gasteiger partial charge in [0, 0.05) is 17.6 Å². The highest BCUT2D eigenvalue weighted by molar-refractivity contribution is 5.20. The summed E-state index contributed by atoms with van der Waals surface area (Å²) in [7, 11) is 0. The molecule has 0 amide bonds. The summed E-state index contributed by atoms with van der Waals surface area (Å²) in [6, 6.07) is 8.87. The quantitative estimate of drug-likeness (QED) is 0.868. The van der Waals surface area contributed by atoms with Crippen LogP contribution >= 0.6 is 0 Å². The van der Waals surface area contributed by atoms with Crippen molar-refractivity contribution in [3.05, 3.63) is 59.8 Å². The van der Waals surface area contributed by atoms with E-state index in [1.54, 1.807) is 24.7 Å². The normalized spacial score (nSPS) is 14.5. The summed E-state index contributed by atoms with van der Waals surface area (Å²) in [5.41, 5.74) is 2.18. The van der Waals surface area contributed by atoms with Gasteiger partial charge in [-0.2, -0.15) is 0 Å². The summed E-state index contributed by atoms with van der Waals surface area (Å²) >= 11 is 0. The van der Waals surface area contributed by atoms with E-state index in [2.05, 4.69) is 19.2 Å². The molecule has 90 valence electrons. The third kappa shape index (κ3) is 2.94. The van der Waals surface area contributed by atoms with E-state index in [0.717, 1.165) is 11.1 Å². The zero-order valence-electron chi connectivity index (χ0n) is 9.98. The van der Waals surface area contributed by atoms with Crippen molar-refractivity contribution in [1.29, 1.82) is 0 Å². The van der Waals surface area contributed by atoms with Crippen LogP contribution in [0.4, 0.5) is 4.39 Å². The van der Waals surface area contributed by atoms with Crippen LogP contribution in [0.1, 0.15) is 37.1 Å². The molecule has 0 fully saturated rings. The van der Waals surface area contributed by atoms with E-state index in [1.165, 1.54) is 12.1 Å². The highest BCUT2D eigenvalue weighted by Crippen LogP contribution is 2.19. The molecule has 1 aromatic carbocycles. The van der Waals surface area contributed by atoms with Crippen LogP contribution in [0.5, 0.6) is 0 Å². The maximum absolute atomic E-state index is 12.8. The molecule has 2 atom stereocenters. The number of rotatable bonds is 4. The molecule has 1 N–H and O–H groups in total. The third-order valence-electron chi connectivity index (χ3n) is 2.91. The molecule has 0 aliphatic carbocycles. The molecule has 2 nitrogen and oxygen atoms in total. The second-order valence-electron chi connectivity index (χ2n) is 4.22. The van der Waals surface area contributed by atoms with Crippen molar-refractivity contribution in [3.8, 4) is 0 Å². The van der Waals surface area contributed by atoms with Gasteiger partial charge < -0.3 is 9.73 Å². The second-order valence-corrected chi connectivity index (χ2v) is 4.22. The summed E-state index contributed by atoms with van der Waals surface area (Å²) in [6.45, 7) is 4.13. The molecule has 1 unspecified atom stereocenters. The first kappa shape index (κ1) is 11.9. The molecule has 0 aliphatic heterocycles. The number of benzene rings is 1. The molecule has 0 bridgehead atoms. The van der Waals surface area contributed by atoms with Crippen molar-refractivity contribution in [1.82, 2.24) is 5.32 Å². The van der Waals surface area contributed by atoms with Crippen molar-refractivity contribution in [2.75, 3.05) is 0 Å². The van der Waals surface area contributed by atoms with Crippen molar-refractivity contribution in [2.24, 2.45) is 0 Å². The fourth-order valence-electron chi connectivity index (χ4n) is 1.84. The molecule has 0 aliphatic rings. The highest BCUT2D eigenvalue weighted by Gasteiger charge is 2.11. The fourth-order valence-corrected chi connectivity index (χ4v) is 1.84. The Morgan fingerprint density at radius 1 is 1.00 bits per heavy atom. The topological polar surface area (TPSA) is 25.2 Å². The second kappa shape index (κ2) is 5.15. The SMILES string of the molecule is CC(N[C@@H](C)c1ccc(F)cc1)c1ccoc1. The van der Waals surface area contributed by atoms with E-state index in [4.69, 9.17) is 4.42 Å². The summed E-state index contributed by atoms with van der Waals surface area (Å²) in [5, 5.41) is 3.44. The number of hydrogen-bond acceptors (Lipinski definition) is 2. The summed E-state index contributed by atoms with van der Waals surface area (Å²) in [5.74, 6) is -0.205. The lowest BCUT2D eigenvalue weighted by atomic mass is 10.1. The zero-order chi connectivity index (χ0) is 12.3. The minimum atomic E-state index is -0.205. The Labute approximate surface area is 100 Å². The molecule has 2 rings (SSSR count). The number of furan rings is 1. The lowest BCUT2D eigenvalue weighted by molar-refractivity contribution is 0.485. The van der Waals surface area contributed by atoms with Crippen LogP contribution in [0.15, 0.2) is 47.3 Å². The van der Waals surface area contributed by atoms with E-state index < -0.39 is 0 Å². The summed E-state index contributed by atoms with van der Waals surface area (Å²) in [4.78, 5) is 0. The summed E-state index contributed by atoms with van der Waals surface area (Å²) in [6.07, 6.45) is 3.39. The van der Waals surface area contributed by atoms with Crippen molar-refractivity contribution >= 4 is 0 Å². The largest absolute Gasteiger partial charge is 0.472 e. The maximum atomic E-state index is 12.8. The average molecular weight is 233 g/mol. The van der Waals surface area contributed by atoms with E-state index >= 15 is 0 Å². The monoisotopic (exact) mass is 233 g/mol. The van der Waals surface area contributed by atoms with Crippen molar-refractivity contribution in [2.45, 2.75) is 25.9 Å². The van der Waals surface area contributed by atoms with Gasteiger partial charge in [-0.05, 0) is 37.6 Å². The number of halogens is 1. The molecule has 0 saturated carbocycles. The lowest BCUT2D eigenvalue weighted by Gasteiger charge is -2.19. The van der Waals surface area contributed by atoms with Crippen LogP contribution in [0.25, 0.3) is 0 Å². The average Bonchev–Trinajstić information content (AvgIpc) is 2.83. The molecule has 0 radical (unpaired) electrons. The molecular weight excluding hydrogens is 217 g/mol. The lowest BCUT2D eigenvalue weighted by Crippen LogP contribution is -2.22. The van der Waals surface area contributed by atoms with Gasteiger partial charge >= 0.3 is 0 Å². The molecule has 2 aromatic rings. The molecule has 3 heteroatoms. The van der Waals surface area contributed by atoms with Gasteiger partial charge in [0.1, 0.15) is 5.82 Å². The van der Waals surface area contributed by atoms with E-state index in [-0.39, 0.29) is 17.9 Å². The van der Waals surface area contributed by atoms with Gasteiger partial charge in [-0.25, -0.2) is 4.39 Å². The van der Waals surface area contributed by atoms with Gasteiger partial charge in [0.2, 0.25) is 0 Å². The van der Waals surface area contributed by atoms with Crippen LogP contribution in [0, 0.1) is 5.82 Å². The summed E-state index contributed by atoms with van der Waals surface area (Å²) < 4.78 is 17.9. The van der Waals surface area contributed by atoms with Crippen molar-refractivity contribution < 1.29 is 8.81 Å². The Balaban J connectivity index is 2.01. The van der Waals surface area contributed by atoms with Gasteiger partial charge in [-0.3, -0.25) is 0 Å². The molecule has 0 spiro atoms. The van der Waals surface area contributed by atoms with Crippen LogP contribution in [0.3, 0.4) is 0 Å². The van der Waals surface area contributed by atoms with Crippen molar-refractivity contribution in [3.63, 3.8) is 0 Å². The standard InChI is InChI=1S/C14H16FNO/c1-10(12-3-5-14(15)6-4-12)16-11(2)13-7-8-17-9-13/h3-11,16H,1-2H3/t10-,11?/m0/s1. The van der Waals surface area contributed by atoms with Crippen LogP contribution < -0.4 is 5.32 Å². The zero-order valence-corrected chi connectivity index (χ0v) is 9.98. The van der Waals surface area contributed by atoms with Gasteiger partial charge in [0.25, 0.3) is 0 Å². The fraction of sp³-hybridized carbons (Fsp3) is 0.286. The predicted octanol–water partition coefficient (Wildman–Crippen LogP) is 3.83. The molecule has 0 saturated heterocycles. The van der Waals surface area contributed by atoms with Crippen LogP contribution in [-0.4, -0.2) is 0 Å². The highest BCUT2D eigenvalue weighted by atomic mass is 19.1. The van der Waals surface area contributed by atoms with Gasteiger partial charge in [0.05, 0.1) is 12.5 Å².